The van der Waals surface area contributed by atoms with Gasteiger partial charge in [0.1, 0.15) is 12.4 Å². The molecule has 4 aromatic rings. The Bertz CT molecular complexity index is 1550. The first-order valence-corrected chi connectivity index (χ1v) is 12.7. The summed E-state index contributed by atoms with van der Waals surface area (Å²) in [7, 11) is 1.58. The van der Waals surface area contributed by atoms with E-state index in [1.807, 2.05) is 55.5 Å². The van der Waals surface area contributed by atoms with Gasteiger partial charge in [0.2, 0.25) is 6.79 Å². The molecule has 5 rings (SSSR count). The molecule has 190 valence electrons. The second kappa shape index (κ2) is 10.6. The molecule has 0 saturated heterocycles. The lowest BCUT2D eigenvalue weighted by Gasteiger charge is -2.15. The molecule has 8 nitrogen and oxygen atoms in total. The zero-order chi connectivity index (χ0) is 25.9. The number of nitrogens with zero attached hydrogens (tertiary/aromatic N) is 3. The van der Waals surface area contributed by atoms with Crippen LogP contribution in [0.4, 0.5) is 0 Å². The monoisotopic (exact) mass is 563 g/mol. The largest absolute Gasteiger partial charge is 0.493 e. The van der Waals surface area contributed by atoms with Gasteiger partial charge in [0.15, 0.2) is 23.0 Å². The Balaban J connectivity index is 1.52. The van der Waals surface area contributed by atoms with Gasteiger partial charge in [-0.1, -0.05) is 41.9 Å². The molecule has 37 heavy (non-hydrogen) atoms. The fraction of sp³-hybridized carbons (Fsp3) is 0.250. The van der Waals surface area contributed by atoms with Crippen molar-refractivity contribution in [2.45, 2.75) is 32.8 Å². The molecule has 0 saturated carbocycles. The van der Waals surface area contributed by atoms with Crippen LogP contribution >= 0.6 is 15.9 Å². The maximum atomic E-state index is 13.5. The number of rotatable bonds is 8. The number of benzene rings is 3. The van der Waals surface area contributed by atoms with Crippen molar-refractivity contribution in [3.8, 4) is 23.0 Å². The molecule has 1 atom stereocenters. The molecular weight excluding hydrogens is 538 g/mol. The van der Waals surface area contributed by atoms with Crippen LogP contribution in [0.15, 0.2) is 69.0 Å². The Morgan fingerprint density at radius 2 is 2.00 bits per heavy atom. The van der Waals surface area contributed by atoms with Gasteiger partial charge in [-0.05, 0) is 54.4 Å². The summed E-state index contributed by atoms with van der Waals surface area (Å²) in [6, 6.07) is 16.7. The molecule has 0 unspecified atom stereocenters. The normalized spacial score (nSPS) is 13.3. The van der Waals surface area contributed by atoms with Crippen molar-refractivity contribution in [3.63, 3.8) is 0 Å². The predicted molar refractivity (Wildman–Crippen MR) is 145 cm³/mol. The van der Waals surface area contributed by atoms with E-state index in [-0.39, 0.29) is 24.9 Å². The highest BCUT2D eigenvalue weighted by atomic mass is 79.9. The third-order valence-corrected chi connectivity index (χ3v) is 6.74. The molecule has 0 bridgehead atoms. The van der Waals surface area contributed by atoms with Gasteiger partial charge >= 0.3 is 0 Å². The van der Waals surface area contributed by atoms with E-state index in [1.54, 1.807) is 19.4 Å². The van der Waals surface area contributed by atoms with E-state index in [1.165, 1.54) is 4.68 Å². The van der Waals surface area contributed by atoms with E-state index in [4.69, 9.17) is 23.9 Å². The molecule has 1 aromatic heterocycles. The third kappa shape index (κ3) is 5.04. The zero-order valence-corrected chi connectivity index (χ0v) is 22.3. The number of halogens is 1. The lowest BCUT2D eigenvalue weighted by atomic mass is 10.1. The number of para-hydroxylation sites is 1. The summed E-state index contributed by atoms with van der Waals surface area (Å²) in [6.07, 6.45) is 2.42. The van der Waals surface area contributed by atoms with Gasteiger partial charge in [0.05, 0.1) is 24.2 Å². The van der Waals surface area contributed by atoms with Gasteiger partial charge in [0.25, 0.3) is 5.56 Å². The highest BCUT2D eigenvalue weighted by molar-refractivity contribution is 9.10. The molecule has 0 amide bonds. The van der Waals surface area contributed by atoms with Crippen molar-refractivity contribution in [2.75, 3.05) is 13.9 Å². The molecule has 3 aromatic carbocycles. The van der Waals surface area contributed by atoms with Crippen molar-refractivity contribution >= 4 is 33.0 Å². The van der Waals surface area contributed by atoms with Gasteiger partial charge in [-0.15, -0.1) is 0 Å². The SMILES string of the molecule is CC[C@H](C)c1nc2ccc(Br)cc2c(=O)n1N=Cc1cccc(OC)c1OCc1ccc2c(c1)OCO2. The van der Waals surface area contributed by atoms with Crippen molar-refractivity contribution < 1.29 is 18.9 Å². The van der Waals surface area contributed by atoms with Crippen molar-refractivity contribution in [3.05, 3.63) is 86.4 Å². The minimum Gasteiger partial charge on any atom is -0.493 e. The number of hydrogen-bond acceptors (Lipinski definition) is 7. The smallest absolute Gasteiger partial charge is 0.282 e. The maximum absolute atomic E-state index is 13.5. The Labute approximate surface area is 222 Å². The Hall–Kier alpha value is -3.85. The molecule has 1 aliphatic rings. The summed E-state index contributed by atoms with van der Waals surface area (Å²) in [5.41, 5.74) is 1.99. The molecule has 0 spiro atoms. The lowest BCUT2D eigenvalue weighted by molar-refractivity contribution is 0.174. The second-order valence-corrected chi connectivity index (χ2v) is 9.57. The summed E-state index contributed by atoms with van der Waals surface area (Å²) < 4.78 is 24.8. The van der Waals surface area contributed by atoms with E-state index in [0.29, 0.717) is 45.3 Å². The fourth-order valence-corrected chi connectivity index (χ4v) is 4.40. The summed E-state index contributed by atoms with van der Waals surface area (Å²) in [6.45, 7) is 4.58. The lowest BCUT2D eigenvalue weighted by Crippen LogP contribution is -2.23. The van der Waals surface area contributed by atoms with Crippen LogP contribution < -0.4 is 24.5 Å². The van der Waals surface area contributed by atoms with E-state index >= 15 is 0 Å². The number of aromatic nitrogens is 2. The highest BCUT2D eigenvalue weighted by Gasteiger charge is 2.17. The van der Waals surface area contributed by atoms with E-state index in [2.05, 4.69) is 28.0 Å². The Morgan fingerprint density at radius 3 is 2.81 bits per heavy atom. The zero-order valence-electron chi connectivity index (χ0n) is 20.7. The Kier molecular flexibility index (Phi) is 7.14. The summed E-state index contributed by atoms with van der Waals surface area (Å²) in [5, 5.41) is 5.08. The van der Waals surface area contributed by atoms with Crippen LogP contribution in [0.25, 0.3) is 10.9 Å². The fourth-order valence-electron chi connectivity index (χ4n) is 4.03. The minimum absolute atomic E-state index is 0.0323. The van der Waals surface area contributed by atoms with Gasteiger partial charge < -0.3 is 18.9 Å². The second-order valence-electron chi connectivity index (χ2n) is 8.66. The molecule has 0 aliphatic carbocycles. The predicted octanol–water partition coefficient (Wildman–Crippen LogP) is 5.87. The standard InChI is InChI=1S/C28H26BrN3O5/c1-4-17(2)27-31-22-10-9-20(29)13-21(22)28(33)32(27)30-14-19-6-5-7-24(34-3)26(19)35-15-18-8-11-23-25(12-18)37-16-36-23/h5-14,17H,4,15-16H2,1-3H3/t17-/m0/s1. The number of fused-ring (bicyclic) bond motifs is 2. The maximum Gasteiger partial charge on any atom is 0.282 e. The van der Waals surface area contributed by atoms with Crippen LogP contribution in [-0.4, -0.2) is 29.8 Å². The van der Waals surface area contributed by atoms with Gasteiger partial charge in [-0.2, -0.15) is 9.78 Å². The first-order valence-electron chi connectivity index (χ1n) is 11.9. The molecule has 0 N–H and O–H groups in total. The van der Waals surface area contributed by atoms with Crippen molar-refractivity contribution in [1.82, 2.24) is 9.66 Å². The average molecular weight is 564 g/mol. The summed E-state index contributed by atoms with van der Waals surface area (Å²) >= 11 is 3.45. The minimum atomic E-state index is -0.233. The quantitative estimate of drug-likeness (QED) is 0.249. The summed E-state index contributed by atoms with van der Waals surface area (Å²) in [4.78, 5) is 18.2. The van der Waals surface area contributed by atoms with Crippen molar-refractivity contribution in [2.24, 2.45) is 5.10 Å². The van der Waals surface area contributed by atoms with Crippen LogP contribution in [0.5, 0.6) is 23.0 Å². The van der Waals surface area contributed by atoms with Crippen LogP contribution in [0, 0.1) is 0 Å². The molecule has 2 heterocycles. The van der Waals surface area contributed by atoms with Crippen LogP contribution in [0.2, 0.25) is 0 Å². The molecule has 1 aliphatic heterocycles. The van der Waals surface area contributed by atoms with Crippen LogP contribution in [-0.2, 0) is 6.61 Å². The molecular formula is C28H26BrN3O5. The van der Waals surface area contributed by atoms with Gasteiger partial charge in [0, 0.05) is 16.0 Å². The molecule has 0 fully saturated rings. The van der Waals surface area contributed by atoms with Crippen LogP contribution in [0.1, 0.15) is 43.1 Å². The first kappa shape index (κ1) is 24.8. The third-order valence-electron chi connectivity index (χ3n) is 6.25. The highest BCUT2D eigenvalue weighted by Crippen LogP contribution is 2.34. The van der Waals surface area contributed by atoms with E-state index in [0.717, 1.165) is 16.5 Å². The van der Waals surface area contributed by atoms with Gasteiger partial charge in [-0.25, -0.2) is 4.98 Å². The van der Waals surface area contributed by atoms with Crippen LogP contribution in [0.3, 0.4) is 0 Å². The molecule has 0 radical (unpaired) electrons. The average Bonchev–Trinajstić information content (AvgIpc) is 3.39. The van der Waals surface area contributed by atoms with Crippen molar-refractivity contribution in [1.29, 1.82) is 0 Å². The topological polar surface area (TPSA) is 84.2 Å². The Morgan fingerprint density at radius 1 is 1.16 bits per heavy atom. The van der Waals surface area contributed by atoms with E-state index in [9.17, 15) is 4.79 Å². The van der Waals surface area contributed by atoms with Gasteiger partial charge in [-0.3, -0.25) is 4.79 Å². The number of hydrogen-bond donors (Lipinski definition) is 0. The number of ether oxygens (including phenoxy) is 4. The summed E-state index contributed by atoms with van der Waals surface area (Å²) in [5.74, 6) is 3.11. The first-order chi connectivity index (χ1) is 18.0. The molecule has 9 heteroatoms. The van der Waals surface area contributed by atoms with E-state index < -0.39 is 0 Å². The number of methoxy groups -OCH3 is 1.